The van der Waals surface area contributed by atoms with E-state index in [0.29, 0.717) is 18.0 Å². The Bertz CT molecular complexity index is 767. The van der Waals surface area contributed by atoms with Gasteiger partial charge in [-0.1, -0.05) is 38.1 Å². The van der Waals surface area contributed by atoms with Crippen LogP contribution in [0.1, 0.15) is 81.1 Å². The molecule has 4 nitrogen and oxygen atoms in total. The molecule has 2 heterocycles. The maximum atomic E-state index is 11.3. The number of benzene rings is 1. The summed E-state index contributed by atoms with van der Waals surface area (Å²) in [6.07, 6.45) is 9.59. The third-order valence-electron chi connectivity index (χ3n) is 6.73. The number of hydrogen-bond donors (Lipinski definition) is 2. The zero-order valence-electron chi connectivity index (χ0n) is 17.7. The van der Waals surface area contributed by atoms with E-state index in [-0.39, 0.29) is 6.10 Å². The van der Waals surface area contributed by atoms with Gasteiger partial charge in [0.25, 0.3) is 0 Å². The van der Waals surface area contributed by atoms with Gasteiger partial charge in [-0.05, 0) is 73.3 Å². The Morgan fingerprint density at radius 2 is 1.72 bits per heavy atom. The van der Waals surface area contributed by atoms with E-state index in [4.69, 9.17) is 4.74 Å². The highest BCUT2D eigenvalue weighted by molar-refractivity contribution is 5.29. The van der Waals surface area contributed by atoms with Gasteiger partial charge in [-0.2, -0.15) is 0 Å². The van der Waals surface area contributed by atoms with Crippen LogP contribution in [0, 0.1) is 0 Å². The van der Waals surface area contributed by atoms with Crippen molar-refractivity contribution in [2.45, 2.75) is 82.1 Å². The molecule has 2 aromatic rings. The largest absolute Gasteiger partial charge is 0.385 e. The molecule has 4 heteroatoms. The molecule has 1 aromatic heterocycles. The highest BCUT2D eigenvalue weighted by Crippen LogP contribution is 2.38. The monoisotopic (exact) mass is 394 g/mol. The van der Waals surface area contributed by atoms with Crippen molar-refractivity contribution in [3.63, 3.8) is 0 Å². The third kappa shape index (κ3) is 4.71. The zero-order chi connectivity index (χ0) is 20.3. The summed E-state index contributed by atoms with van der Waals surface area (Å²) >= 11 is 0. The number of aromatic nitrogens is 1. The molecule has 1 saturated heterocycles. The maximum absolute atomic E-state index is 11.3. The highest BCUT2D eigenvalue weighted by atomic mass is 16.5. The van der Waals surface area contributed by atoms with Crippen molar-refractivity contribution >= 4 is 0 Å². The first kappa shape index (κ1) is 20.5. The molecule has 1 aliphatic carbocycles. The van der Waals surface area contributed by atoms with E-state index >= 15 is 0 Å². The van der Waals surface area contributed by atoms with Crippen LogP contribution in [0.2, 0.25) is 0 Å². The first-order valence-corrected chi connectivity index (χ1v) is 11.2. The maximum Gasteiger partial charge on any atom is 0.0978 e. The Morgan fingerprint density at radius 1 is 1.03 bits per heavy atom. The van der Waals surface area contributed by atoms with Gasteiger partial charge in [-0.3, -0.25) is 4.98 Å². The van der Waals surface area contributed by atoms with Crippen molar-refractivity contribution in [1.29, 1.82) is 0 Å². The molecule has 1 aromatic carbocycles. The van der Waals surface area contributed by atoms with E-state index in [1.165, 1.54) is 11.1 Å². The van der Waals surface area contributed by atoms with Crippen molar-refractivity contribution in [2.75, 3.05) is 6.61 Å². The molecule has 2 N–H and O–H groups in total. The predicted molar refractivity (Wildman–Crippen MR) is 116 cm³/mol. The summed E-state index contributed by atoms with van der Waals surface area (Å²) in [4.78, 5) is 4.14. The highest BCUT2D eigenvalue weighted by Gasteiger charge is 2.37. The van der Waals surface area contributed by atoms with Gasteiger partial charge in [0.05, 0.1) is 11.7 Å². The summed E-state index contributed by atoms with van der Waals surface area (Å²) in [5, 5.41) is 15.1. The SMILES string of the molecule is CC(C)c1ccc(C2(O)CCC(N[C@H]3CCCO[C@@H]3c3ccncc3)CC2)cc1. The summed E-state index contributed by atoms with van der Waals surface area (Å²) < 4.78 is 6.12. The van der Waals surface area contributed by atoms with Crippen LogP contribution < -0.4 is 5.32 Å². The normalized spacial score (nSPS) is 30.4. The summed E-state index contributed by atoms with van der Waals surface area (Å²) in [6.45, 7) is 5.23. The second-order valence-corrected chi connectivity index (χ2v) is 9.07. The number of ether oxygens (including phenoxy) is 1. The molecule has 4 rings (SSSR count). The molecule has 29 heavy (non-hydrogen) atoms. The lowest BCUT2D eigenvalue weighted by Gasteiger charge is -2.40. The number of pyridine rings is 1. The molecule has 2 fully saturated rings. The second kappa shape index (κ2) is 8.95. The molecule has 1 saturated carbocycles. The Morgan fingerprint density at radius 3 is 2.38 bits per heavy atom. The van der Waals surface area contributed by atoms with Gasteiger partial charge in [0.1, 0.15) is 0 Å². The third-order valence-corrected chi connectivity index (χ3v) is 6.73. The number of hydrogen-bond acceptors (Lipinski definition) is 4. The Hall–Kier alpha value is -1.75. The van der Waals surface area contributed by atoms with Gasteiger partial charge in [0, 0.05) is 31.1 Å². The molecule has 2 atom stereocenters. The quantitative estimate of drug-likeness (QED) is 0.761. The fourth-order valence-electron chi connectivity index (χ4n) is 4.87. The molecule has 0 bridgehead atoms. The van der Waals surface area contributed by atoms with Crippen molar-refractivity contribution in [2.24, 2.45) is 0 Å². The van der Waals surface area contributed by atoms with Crippen LogP contribution in [0.25, 0.3) is 0 Å². The van der Waals surface area contributed by atoms with Gasteiger partial charge >= 0.3 is 0 Å². The lowest BCUT2D eigenvalue weighted by molar-refractivity contribution is -0.0306. The van der Waals surface area contributed by atoms with Crippen LogP contribution in [0.15, 0.2) is 48.8 Å². The van der Waals surface area contributed by atoms with Crippen LogP contribution >= 0.6 is 0 Å². The Labute approximate surface area is 174 Å². The first-order valence-electron chi connectivity index (χ1n) is 11.2. The average Bonchev–Trinajstić information content (AvgIpc) is 2.76. The van der Waals surface area contributed by atoms with Gasteiger partial charge in [-0.15, -0.1) is 0 Å². The Kier molecular flexibility index (Phi) is 6.33. The molecule has 0 unspecified atom stereocenters. The van der Waals surface area contributed by atoms with Crippen LogP contribution in [-0.2, 0) is 10.3 Å². The number of nitrogens with one attached hydrogen (secondary N) is 1. The fourth-order valence-corrected chi connectivity index (χ4v) is 4.87. The molecular formula is C25H34N2O2. The lowest BCUT2D eigenvalue weighted by atomic mass is 9.77. The molecule has 0 radical (unpaired) electrons. The summed E-state index contributed by atoms with van der Waals surface area (Å²) in [5.41, 5.74) is 2.90. The van der Waals surface area contributed by atoms with Crippen molar-refractivity contribution in [1.82, 2.24) is 10.3 Å². The van der Waals surface area contributed by atoms with Gasteiger partial charge in [-0.25, -0.2) is 0 Å². The molecule has 156 valence electrons. The summed E-state index contributed by atoms with van der Waals surface area (Å²) in [5.74, 6) is 0.518. The molecular weight excluding hydrogens is 360 g/mol. The fraction of sp³-hybridized carbons (Fsp3) is 0.560. The van der Waals surface area contributed by atoms with E-state index < -0.39 is 5.60 Å². The van der Waals surface area contributed by atoms with Crippen molar-refractivity contribution < 1.29 is 9.84 Å². The number of nitrogens with zero attached hydrogens (tertiary/aromatic N) is 1. The minimum Gasteiger partial charge on any atom is -0.385 e. The minimum absolute atomic E-state index is 0.0936. The molecule has 0 amide bonds. The molecule has 2 aliphatic rings. The molecule has 1 aliphatic heterocycles. The topological polar surface area (TPSA) is 54.4 Å². The van der Waals surface area contributed by atoms with E-state index in [1.54, 1.807) is 0 Å². The summed E-state index contributed by atoms with van der Waals surface area (Å²) in [6, 6.07) is 13.5. The van der Waals surface area contributed by atoms with Crippen molar-refractivity contribution in [3.05, 3.63) is 65.5 Å². The second-order valence-electron chi connectivity index (χ2n) is 9.07. The first-order chi connectivity index (χ1) is 14.0. The summed E-state index contributed by atoms with van der Waals surface area (Å²) in [7, 11) is 0. The van der Waals surface area contributed by atoms with Gasteiger partial charge in [0.2, 0.25) is 0 Å². The minimum atomic E-state index is -0.693. The average molecular weight is 395 g/mol. The Balaban J connectivity index is 1.37. The zero-order valence-corrected chi connectivity index (χ0v) is 17.7. The van der Waals surface area contributed by atoms with E-state index in [2.05, 4.69) is 60.5 Å². The smallest absolute Gasteiger partial charge is 0.0978 e. The predicted octanol–water partition coefficient (Wildman–Crippen LogP) is 4.85. The van der Waals surface area contributed by atoms with E-state index in [0.717, 1.165) is 50.7 Å². The van der Waals surface area contributed by atoms with Crippen LogP contribution in [0.4, 0.5) is 0 Å². The molecule has 0 spiro atoms. The van der Waals surface area contributed by atoms with E-state index in [1.807, 2.05) is 12.4 Å². The van der Waals surface area contributed by atoms with Gasteiger partial charge < -0.3 is 15.2 Å². The van der Waals surface area contributed by atoms with Crippen LogP contribution in [0.5, 0.6) is 0 Å². The van der Waals surface area contributed by atoms with Crippen LogP contribution in [-0.4, -0.2) is 28.8 Å². The van der Waals surface area contributed by atoms with Gasteiger partial charge in [0.15, 0.2) is 0 Å². The van der Waals surface area contributed by atoms with Crippen molar-refractivity contribution in [3.8, 4) is 0 Å². The van der Waals surface area contributed by atoms with E-state index in [9.17, 15) is 5.11 Å². The lowest BCUT2D eigenvalue weighted by Crippen LogP contribution is -2.48. The number of rotatable bonds is 5. The standard InChI is InChI=1S/C25H34N2O2/c1-18(2)19-5-7-21(8-6-19)25(28)13-9-22(10-14-25)27-23-4-3-17-29-24(23)20-11-15-26-16-12-20/h5-8,11-12,15-16,18,22-24,27-28H,3-4,9-10,13-14,17H2,1-2H3/t22?,23-,24+,25?/m0/s1. The number of aliphatic hydroxyl groups is 1. The van der Waals surface area contributed by atoms with Crippen LogP contribution in [0.3, 0.4) is 0 Å².